The van der Waals surface area contributed by atoms with Gasteiger partial charge in [-0.15, -0.1) is 33.1 Å². The summed E-state index contributed by atoms with van der Waals surface area (Å²) < 4.78 is 0. The fourth-order valence-corrected chi connectivity index (χ4v) is 2.84. The average Bonchev–Trinajstić information content (AvgIpc) is 2.76. The zero-order valence-electron chi connectivity index (χ0n) is 9.82. The summed E-state index contributed by atoms with van der Waals surface area (Å²) in [5, 5.41) is 10.5. The Morgan fingerprint density at radius 3 is 2.47 bits per heavy atom. The summed E-state index contributed by atoms with van der Waals surface area (Å²) in [6.45, 7) is 2.15. The third-order valence-electron chi connectivity index (χ3n) is 2.69. The number of alkyl halides is 1. The van der Waals surface area contributed by atoms with E-state index in [1.807, 2.05) is 0 Å². The van der Waals surface area contributed by atoms with Crippen molar-refractivity contribution >= 4 is 22.9 Å². The van der Waals surface area contributed by atoms with Gasteiger partial charge in [0.15, 0.2) is 0 Å². The van der Waals surface area contributed by atoms with E-state index in [0.717, 1.165) is 29.3 Å². The second-order valence-electron chi connectivity index (χ2n) is 3.96. The van der Waals surface area contributed by atoms with Gasteiger partial charge in [-0.3, -0.25) is 0 Å². The van der Waals surface area contributed by atoms with E-state index in [1.54, 1.807) is 11.3 Å². The molecule has 0 saturated carbocycles. The van der Waals surface area contributed by atoms with Crippen molar-refractivity contribution in [3.05, 3.63) is 45.4 Å². The normalized spacial score (nSPS) is 10.7. The smallest absolute Gasteiger partial charge is 0.118 e. The van der Waals surface area contributed by atoms with Gasteiger partial charge in [-0.25, -0.2) is 0 Å². The molecule has 0 aliphatic heterocycles. The highest BCUT2D eigenvalue weighted by molar-refractivity contribution is 7.11. The molecule has 0 unspecified atom stereocenters. The summed E-state index contributed by atoms with van der Waals surface area (Å²) in [6.07, 6.45) is 2.82. The topological polar surface area (TPSA) is 25.8 Å². The number of hydrogen-bond donors (Lipinski definition) is 0. The van der Waals surface area contributed by atoms with E-state index in [4.69, 9.17) is 11.6 Å². The molecule has 0 N–H and O–H groups in total. The second-order valence-corrected chi connectivity index (χ2v) is 5.48. The minimum Gasteiger partial charge on any atom is -0.144 e. The molecular weight excluding hydrogens is 252 g/mol. The van der Waals surface area contributed by atoms with E-state index in [1.165, 1.54) is 11.1 Å². The quantitative estimate of drug-likeness (QED) is 0.775. The van der Waals surface area contributed by atoms with Crippen LogP contribution >= 0.6 is 22.9 Å². The van der Waals surface area contributed by atoms with Gasteiger partial charge in [-0.05, 0) is 24.5 Å². The summed E-state index contributed by atoms with van der Waals surface area (Å²) >= 11 is 7.35. The van der Waals surface area contributed by atoms with Gasteiger partial charge < -0.3 is 0 Å². The van der Waals surface area contributed by atoms with Crippen LogP contribution in [-0.2, 0) is 19.3 Å². The van der Waals surface area contributed by atoms with Crippen LogP contribution in [-0.4, -0.2) is 16.1 Å². The summed E-state index contributed by atoms with van der Waals surface area (Å²) in [4.78, 5) is 0. The summed E-state index contributed by atoms with van der Waals surface area (Å²) in [5.41, 5.74) is 2.74. The molecule has 1 aromatic carbocycles. The van der Waals surface area contributed by atoms with Gasteiger partial charge in [0.05, 0.1) is 0 Å². The van der Waals surface area contributed by atoms with E-state index in [0.29, 0.717) is 5.88 Å². The van der Waals surface area contributed by atoms with Crippen LogP contribution in [0.4, 0.5) is 0 Å². The van der Waals surface area contributed by atoms with E-state index < -0.39 is 0 Å². The van der Waals surface area contributed by atoms with Gasteiger partial charge in [-0.1, -0.05) is 24.3 Å². The van der Waals surface area contributed by atoms with Gasteiger partial charge in [0.25, 0.3) is 0 Å². The molecule has 2 nitrogen and oxygen atoms in total. The lowest BCUT2D eigenvalue weighted by Crippen LogP contribution is -1.93. The van der Waals surface area contributed by atoms with Crippen molar-refractivity contribution in [1.82, 2.24) is 10.2 Å². The number of aryl methyl sites for hydroxylation is 4. The standard InChI is InChI=1S/C13H15ClN2S/c1-10-4-2-3-5-11(10)6-7-12-15-16-13(17-12)8-9-14/h2-5H,6-9H2,1H3. The molecule has 2 rings (SSSR count). The van der Waals surface area contributed by atoms with Crippen molar-refractivity contribution in [2.45, 2.75) is 26.2 Å². The first-order chi connectivity index (χ1) is 8.29. The molecule has 2 aromatic rings. The molecule has 4 heteroatoms. The molecule has 0 radical (unpaired) electrons. The van der Waals surface area contributed by atoms with Crippen LogP contribution in [0.25, 0.3) is 0 Å². The molecule has 0 bridgehead atoms. The number of halogens is 1. The van der Waals surface area contributed by atoms with Crippen molar-refractivity contribution in [3.8, 4) is 0 Å². The fourth-order valence-electron chi connectivity index (χ4n) is 1.70. The maximum Gasteiger partial charge on any atom is 0.118 e. The molecule has 0 fully saturated rings. The largest absolute Gasteiger partial charge is 0.144 e. The van der Waals surface area contributed by atoms with Crippen LogP contribution in [0.1, 0.15) is 21.1 Å². The van der Waals surface area contributed by atoms with Gasteiger partial charge in [0, 0.05) is 18.7 Å². The van der Waals surface area contributed by atoms with Gasteiger partial charge >= 0.3 is 0 Å². The molecule has 0 aliphatic carbocycles. The molecule has 0 atom stereocenters. The first-order valence-corrected chi connectivity index (χ1v) is 7.06. The molecular formula is C13H15ClN2S. The summed E-state index contributed by atoms with van der Waals surface area (Å²) in [7, 11) is 0. The Morgan fingerprint density at radius 1 is 1.06 bits per heavy atom. The lowest BCUT2D eigenvalue weighted by Gasteiger charge is -2.02. The first kappa shape index (κ1) is 12.5. The molecule has 0 amide bonds. The Bertz CT molecular complexity index is 482. The van der Waals surface area contributed by atoms with Gasteiger partial charge in [-0.2, -0.15) is 0 Å². The highest BCUT2D eigenvalue weighted by Crippen LogP contribution is 2.15. The van der Waals surface area contributed by atoms with Crippen molar-refractivity contribution in [2.75, 3.05) is 5.88 Å². The Hall–Kier alpha value is -0.930. The minimum absolute atomic E-state index is 0.617. The van der Waals surface area contributed by atoms with Crippen LogP contribution in [0.3, 0.4) is 0 Å². The van der Waals surface area contributed by atoms with Crippen LogP contribution in [0.15, 0.2) is 24.3 Å². The fraction of sp³-hybridized carbons (Fsp3) is 0.385. The molecule has 0 spiro atoms. The minimum atomic E-state index is 0.617. The third-order valence-corrected chi connectivity index (χ3v) is 3.92. The van der Waals surface area contributed by atoms with Crippen LogP contribution in [0.5, 0.6) is 0 Å². The Kier molecular flexibility index (Phi) is 4.51. The number of nitrogens with zero attached hydrogens (tertiary/aromatic N) is 2. The van der Waals surface area contributed by atoms with Crippen molar-refractivity contribution in [2.24, 2.45) is 0 Å². The highest BCUT2D eigenvalue weighted by atomic mass is 35.5. The zero-order chi connectivity index (χ0) is 12.1. The molecule has 1 heterocycles. The number of aromatic nitrogens is 2. The maximum absolute atomic E-state index is 5.68. The lowest BCUT2D eigenvalue weighted by molar-refractivity contribution is 0.884. The Balaban J connectivity index is 1.95. The van der Waals surface area contributed by atoms with Gasteiger partial charge in [0.2, 0.25) is 0 Å². The molecule has 0 saturated heterocycles. The van der Waals surface area contributed by atoms with Crippen LogP contribution in [0, 0.1) is 6.92 Å². The van der Waals surface area contributed by atoms with Crippen molar-refractivity contribution < 1.29 is 0 Å². The maximum atomic E-state index is 5.68. The zero-order valence-corrected chi connectivity index (χ0v) is 11.4. The highest BCUT2D eigenvalue weighted by Gasteiger charge is 2.05. The van der Waals surface area contributed by atoms with E-state index in [-0.39, 0.29) is 0 Å². The van der Waals surface area contributed by atoms with Crippen molar-refractivity contribution in [3.63, 3.8) is 0 Å². The number of rotatable bonds is 5. The average molecular weight is 267 g/mol. The monoisotopic (exact) mass is 266 g/mol. The van der Waals surface area contributed by atoms with Gasteiger partial charge in [0.1, 0.15) is 10.0 Å². The third kappa shape index (κ3) is 3.51. The first-order valence-electron chi connectivity index (χ1n) is 5.71. The van der Waals surface area contributed by atoms with E-state index in [9.17, 15) is 0 Å². The number of hydrogen-bond acceptors (Lipinski definition) is 3. The summed E-state index contributed by atoms with van der Waals surface area (Å²) in [6, 6.07) is 8.48. The van der Waals surface area contributed by atoms with E-state index in [2.05, 4.69) is 41.4 Å². The lowest BCUT2D eigenvalue weighted by atomic mass is 10.0. The van der Waals surface area contributed by atoms with Crippen LogP contribution in [0.2, 0.25) is 0 Å². The molecule has 90 valence electrons. The second kappa shape index (κ2) is 6.12. The van der Waals surface area contributed by atoms with E-state index >= 15 is 0 Å². The predicted molar refractivity (Wildman–Crippen MR) is 72.9 cm³/mol. The molecule has 17 heavy (non-hydrogen) atoms. The Morgan fingerprint density at radius 2 is 1.76 bits per heavy atom. The van der Waals surface area contributed by atoms with Crippen molar-refractivity contribution in [1.29, 1.82) is 0 Å². The SMILES string of the molecule is Cc1ccccc1CCc1nnc(CCCl)s1. The summed E-state index contributed by atoms with van der Waals surface area (Å²) in [5.74, 6) is 0.617. The van der Waals surface area contributed by atoms with Crippen LogP contribution < -0.4 is 0 Å². The molecule has 1 aromatic heterocycles. The Labute approximate surface area is 111 Å². The number of benzene rings is 1. The predicted octanol–water partition coefficient (Wildman–Crippen LogP) is 3.41. The molecule has 0 aliphatic rings.